The quantitative estimate of drug-likeness (QED) is 0.451. The molecule has 2 aromatic carbocycles. The van der Waals surface area contributed by atoms with Crippen molar-refractivity contribution in [3.8, 4) is 17.6 Å². The zero-order valence-corrected chi connectivity index (χ0v) is 22.2. The van der Waals surface area contributed by atoms with E-state index in [9.17, 15) is 14.7 Å². The number of rotatable bonds is 10. The molecule has 2 atom stereocenters. The van der Waals surface area contributed by atoms with E-state index in [0.717, 1.165) is 0 Å². The molecular weight excluding hydrogens is 498 g/mol. The highest BCUT2D eigenvalue weighted by Gasteiger charge is 2.40. The maximum Gasteiger partial charge on any atom is 0.256 e. The van der Waals surface area contributed by atoms with E-state index in [2.05, 4.69) is 5.32 Å². The highest BCUT2D eigenvalue weighted by molar-refractivity contribution is 6.30. The average Bonchev–Trinajstić information content (AvgIpc) is 2.98. The van der Waals surface area contributed by atoms with Crippen molar-refractivity contribution in [2.75, 3.05) is 38.8 Å². The number of carbonyl (C=O) groups is 2. The Hall–Kier alpha value is -3.32. The first-order valence-electron chi connectivity index (χ1n) is 11.9. The lowest BCUT2D eigenvalue weighted by atomic mass is 9.92. The van der Waals surface area contributed by atoms with Crippen LogP contribution in [0, 0.1) is 16.7 Å². The Morgan fingerprint density at radius 1 is 1.24 bits per heavy atom. The molecule has 0 saturated carbocycles. The van der Waals surface area contributed by atoms with Crippen molar-refractivity contribution in [3.63, 3.8) is 0 Å². The molecule has 198 valence electrons. The SMILES string of the molecule is COc1cccc([C@H]2O[C@H](CC(=O)NCCC#N)C(=O)N(CC(C)(C)CO)c3ccc(Cl)cc32)c1OC. The van der Waals surface area contributed by atoms with Gasteiger partial charge in [0.15, 0.2) is 11.5 Å². The largest absolute Gasteiger partial charge is 0.493 e. The molecule has 0 aliphatic carbocycles. The molecule has 1 aliphatic rings. The third-order valence-electron chi connectivity index (χ3n) is 6.06. The zero-order valence-electron chi connectivity index (χ0n) is 21.4. The molecule has 3 rings (SSSR count). The van der Waals surface area contributed by atoms with Crippen molar-refractivity contribution in [3.05, 3.63) is 52.5 Å². The van der Waals surface area contributed by atoms with Crippen LogP contribution in [0.1, 0.15) is 43.9 Å². The number of benzene rings is 2. The lowest BCUT2D eigenvalue weighted by Crippen LogP contribution is -2.46. The van der Waals surface area contributed by atoms with Crippen LogP contribution in [0.2, 0.25) is 5.02 Å². The molecule has 2 N–H and O–H groups in total. The van der Waals surface area contributed by atoms with Gasteiger partial charge in [0.25, 0.3) is 5.91 Å². The van der Waals surface area contributed by atoms with E-state index in [0.29, 0.717) is 33.3 Å². The Balaban J connectivity index is 2.17. The lowest BCUT2D eigenvalue weighted by molar-refractivity contribution is -0.138. The normalized spacial score (nSPS) is 17.4. The number of ether oxygens (including phenoxy) is 3. The van der Waals surface area contributed by atoms with Gasteiger partial charge in [-0.25, -0.2) is 0 Å². The molecule has 2 aromatic rings. The van der Waals surface area contributed by atoms with Gasteiger partial charge in [0.1, 0.15) is 12.2 Å². The molecule has 1 aliphatic heterocycles. The average molecular weight is 530 g/mol. The number of halogens is 1. The number of methoxy groups -OCH3 is 2. The summed E-state index contributed by atoms with van der Waals surface area (Å²) in [6.45, 7) is 3.86. The predicted octanol–water partition coefficient (Wildman–Crippen LogP) is 3.62. The minimum Gasteiger partial charge on any atom is -0.493 e. The third kappa shape index (κ3) is 6.52. The molecule has 0 fully saturated rings. The molecular formula is C27H32ClN3O6. The summed E-state index contributed by atoms with van der Waals surface area (Å²) in [5.74, 6) is 0.0572. The summed E-state index contributed by atoms with van der Waals surface area (Å²) in [6, 6.07) is 12.5. The topological polar surface area (TPSA) is 121 Å². The standard InChI is InChI=1S/C27H32ClN3O6/c1-27(2,16-32)15-31-20-10-9-17(28)13-19(20)24(18-7-5-8-21(35-3)25(18)36-4)37-22(26(31)34)14-23(33)30-12-6-11-29/h5,7-10,13,22,24,32H,6,12,14-16H2,1-4H3,(H,30,33)/t22-,24-/m1/s1. The maximum atomic E-state index is 13.9. The van der Waals surface area contributed by atoms with E-state index >= 15 is 0 Å². The second-order valence-corrected chi connectivity index (χ2v) is 9.94. The van der Waals surface area contributed by atoms with Gasteiger partial charge in [-0.3, -0.25) is 9.59 Å². The Morgan fingerprint density at radius 2 is 2.00 bits per heavy atom. The summed E-state index contributed by atoms with van der Waals surface area (Å²) >= 11 is 6.41. The Morgan fingerprint density at radius 3 is 2.65 bits per heavy atom. The smallest absolute Gasteiger partial charge is 0.256 e. The molecule has 0 aromatic heterocycles. The van der Waals surface area contributed by atoms with Crippen molar-refractivity contribution in [2.45, 2.75) is 38.9 Å². The Bertz CT molecular complexity index is 1180. The van der Waals surface area contributed by atoms with Crippen LogP contribution in [0.5, 0.6) is 11.5 Å². The highest BCUT2D eigenvalue weighted by atomic mass is 35.5. The van der Waals surface area contributed by atoms with Gasteiger partial charge in [0, 0.05) is 46.9 Å². The summed E-state index contributed by atoms with van der Waals surface area (Å²) in [7, 11) is 3.04. The summed E-state index contributed by atoms with van der Waals surface area (Å²) in [6.07, 6.45) is -2.11. The summed E-state index contributed by atoms with van der Waals surface area (Å²) in [4.78, 5) is 28.2. The predicted molar refractivity (Wildman–Crippen MR) is 139 cm³/mol. The summed E-state index contributed by atoms with van der Waals surface area (Å²) in [5, 5.41) is 21.8. The second-order valence-electron chi connectivity index (χ2n) is 9.50. The molecule has 0 unspecified atom stereocenters. The molecule has 2 amide bonds. The van der Waals surface area contributed by atoms with Crippen LogP contribution < -0.4 is 19.7 Å². The van der Waals surface area contributed by atoms with Crippen LogP contribution in [-0.2, 0) is 14.3 Å². The summed E-state index contributed by atoms with van der Waals surface area (Å²) < 4.78 is 17.6. The molecule has 0 saturated heterocycles. The van der Waals surface area contributed by atoms with Gasteiger partial charge in [-0.05, 0) is 24.3 Å². The molecule has 1 heterocycles. The first kappa shape index (κ1) is 28.3. The fourth-order valence-electron chi connectivity index (χ4n) is 4.20. The van der Waals surface area contributed by atoms with Crippen LogP contribution in [0.3, 0.4) is 0 Å². The van der Waals surface area contributed by atoms with Crippen LogP contribution in [0.25, 0.3) is 0 Å². The van der Waals surface area contributed by atoms with Crippen molar-refractivity contribution in [1.29, 1.82) is 5.26 Å². The minimum absolute atomic E-state index is 0.148. The number of nitrogens with one attached hydrogen (secondary N) is 1. The van der Waals surface area contributed by atoms with Gasteiger partial charge in [0.05, 0.1) is 33.1 Å². The van der Waals surface area contributed by atoms with Crippen molar-refractivity contribution >= 4 is 29.1 Å². The number of hydrogen-bond donors (Lipinski definition) is 2. The van der Waals surface area contributed by atoms with Gasteiger partial charge < -0.3 is 29.5 Å². The Kier molecular flexibility index (Phi) is 9.38. The number of nitrogens with zero attached hydrogens (tertiary/aromatic N) is 2. The number of amides is 2. The first-order valence-corrected chi connectivity index (χ1v) is 12.2. The Labute approximate surface area is 221 Å². The van der Waals surface area contributed by atoms with E-state index in [1.165, 1.54) is 14.2 Å². The van der Waals surface area contributed by atoms with Crippen LogP contribution in [-0.4, -0.2) is 56.9 Å². The number of aliphatic hydroxyl groups is 1. The van der Waals surface area contributed by atoms with E-state index in [1.54, 1.807) is 41.3 Å². The van der Waals surface area contributed by atoms with E-state index in [1.807, 2.05) is 19.9 Å². The number of para-hydroxylation sites is 1. The first-order chi connectivity index (χ1) is 17.6. The molecule has 0 bridgehead atoms. The number of fused-ring (bicyclic) bond motifs is 1. The van der Waals surface area contributed by atoms with Crippen LogP contribution in [0.15, 0.2) is 36.4 Å². The fraction of sp³-hybridized carbons (Fsp3) is 0.444. The van der Waals surface area contributed by atoms with Gasteiger partial charge in [-0.15, -0.1) is 0 Å². The van der Waals surface area contributed by atoms with E-state index in [4.69, 9.17) is 31.1 Å². The van der Waals surface area contributed by atoms with Crippen molar-refractivity contribution < 1.29 is 28.9 Å². The molecule has 0 spiro atoms. The van der Waals surface area contributed by atoms with Crippen LogP contribution >= 0.6 is 11.6 Å². The van der Waals surface area contributed by atoms with Gasteiger partial charge in [0.2, 0.25) is 5.91 Å². The van der Waals surface area contributed by atoms with E-state index < -0.39 is 29.4 Å². The third-order valence-corrected chi connectivity index (χ3v) is 6.30. The molecule has 0 radical (unpaired) electrons. The molecule has 9 nitrogen and oxygen atoms in total. The van der Waals surface area contributed by atoms with Crippen molar-refractivity contribution in [2.24, 2.45) is 5.41 Å². The van der Waals surface area contributed by atoms with Gasteiger partial charge >= 0.3 is 0 Å². The number of hydrogen-bond acceptors (Lipinski definition) is 7. The van der Waals surface area contributed by atoms with Gasteiger partial charge in [-0.2, -0.15) is 5.26 Å². The lowest BCUT2D eigenvalue weighted by Gasteiger charge is -2.32. The molecule has 37 heavy (non-hydrogen) atoms. The highest BCUT2D eigenvalue weighted by Crippen LogP contribution is 2.45. The van der Waals surface area contributed by atoms with E-state index in [-0.39, 0.29) is 32.5 Å². The maximum absolute atomic E-state index is 13.9. The second kappa shape index (κ2) is 12.3. The van der Waals surface area contributed by atoms with Gasteiger partial charge in [-0.1, -0.05) is 37.6 Å². The summed E-state index contributed by atoms with van der Waals surface area (Å²) in [5.41, 5.74) is 1.11. The molecule has 10 heteroatoms. The minimum atomic E-state index is -1.16. The van der Waals surface area contributed by atoms with Crippen molar-refractivity contribution in [1.82, 2.24) is 5.32 Å². The number of nitriles is 1. The monoisotopic (exact) mass is 529 g/mol. The fourth-order valence-corrected chi connectivity index (χ4v) is 4.38. The zero-order chi connectivity index (χ0) is 27.2. The number of aliphatic hydroxyl groups excluding tert-OH is 1. The number of anilines is 1. The van der Waals surface area contributed by atoms with Crippen LogP contribution in [0.4, 0.5) is 5.69 Å². The number of carbonyl (C=O) groups excluding carboxylic acids is 2.